The van der Waals surface area contributed by atoms with Crippen LogP contribution in [0.5, 0.6) is 0 Å². The molecule has 1 aliphatic heterocycles. The molecule has 9 heteroatoms. The number of nitrogens with one attached hydrogen (secondary N) is 1. The smallest absolute Gasteiger partial charge is 0.411 e. The number of aromatic nitrogens is 2. The minimum Gasteiger partial charge on any atom is -0.481 e. The van der Waals surface area contributed by atoms with Gasteiger partial charge in [0, 0.05) is 32.3 Å². The van der Waals surface area contributed by atoms with Gasteiger partial charge in [0.25, 0.3) is 5.91 Å². The zero-order valence-electron chi connectivity index (χ0n) is 18.8. The van der Waals surface area contributed by atoms with Crippen molar-refractivity contribution in [2.24, 2.45) is 12.5 Å². The van der Waals surface area contributed by atoms with E-state index in [1.165, 1.54) is 15.8 Å². The van der Waals surface area contributed by atoms with E-state index in [1.54, 1.807) is 14.0 Å². The van der Waals surface area contributed by atoms with Crippen molar-refractivity contribution in [1.82, 2.24) is 14.7 Å². The van der Waals surface area contributed by atoms with E-state index < -0.39 is 23.4 Å². The molecule has 1 fully saturated rings. The number of hydrogen-bond donors (Lipinski definition) is 2. The van der Waals surface area contributed by atoms with Crippen LogP contribution in [-0.2, 0) is 16.6 Å². The summed E-state index contributed by atoms with van der Waals surface area (Å²) in [6.45, 7) is 1.91. The van der Waals surface area contributed by atoms with Gasteiger partial charge in [-0.2, -0.15) is 5.10 Å². The lowest BCUT2D eigenvalue weighted by Gasteiger charge is -2.44. The van der Waals surface area contributed by atoms with Crippen LogP contribution in [0.4, 0.5) is 10.5 Å². The molecule has 2 heterocycles. The molecule has 0 radical (unpaired) electrons. The Balaban J connectivity index is 1.27. The third kappa shape index (κ3) is 3.59. The van der Waals surface area contributed by atoms with Crippen LogP contribution in [0.2, 0.25) is 0 Å². The van der Waals surface area contributed by atoms with Crippen molar-refractivity contribution in [2.75, 3.05) is 25.0 Å². The van der Waals surface area contributed by atoms with Crippen molar-refractivity contribution >= 4 is 23.7 Å². The number of aryl methyl sites for hydroxylation is 1. The molecule has 2 aliphatic rings. The molecule has 1 aliphatic carbocycles. The first-order valence-electron chi connectivity index (χ1n) is 10.9. The number of fused-ring (bicyclic) bond motifs is 3. The molecule has 2 N–H and O–H groups in total. The summed E-state index contributed by atoms with van der Waals surface area (Å²) in [4.78, 5) is 38.2. The zero-order valence-corrected chi connectivity index (χ0v) is 18.8. The van der Waals surface area contributed by atoms with Crippen molar-refractivity contribution < 1.29 is 24.2 Å². The highest BCUT2D eigenvalue weighted by molar-refractivity contribution is 6.02. The van der Waals surface area contributed by atoms with Crippen LogP contribution in [-0.4, -0.2) is 57.5 Å². The lowest BCUT2D eigenvalue weighted by molar-refractivity contribution is -0.155. The average Bonchev–Trinajstić information content (AvgIpc) is 3.32. The molecule has 174 valence electrons. The van der Waals surface area contributed by atoms with Gasteiger partial charge in [-0.15, -0.1) is 0 Å². The lowest BCUT2D eigenvalue weighted by atomic mass is 9.82. The molecule has 1 aromatic heterocycles. The average molecular weight is 460 g/mol. The van der Waals surface area contributed by atoms with Gasteiger partial charge in [0.2, 0.25) is 0 Å². The molecule has 2 aromatic carbocycles. The summed E-state index contributed by atoms with van der Waals surface area (Å²) < 4.78 is 6.98. The minimum absolute atomic E-state index is 0.0449. The number of carboxylic acid groups (broad SMARTS) is 1. The van der Waals surface area contributed by atoms with Crippen LogP contribution in [0.25, 0.3) is 11.1 Å². The van der Waals surface area contributed by atoms with E-state index in [1.807, 2.05) is 36.4 Å². The number of rotatable bonds is 5. The number of hydrogen-bond acceptors (Lipinski definition) is 5. The number of ether oxygens (including phenoxy) is 1. The molecular formula is C25H24N4O5. The first-order chi connectivity index (χ1) is 16.3. The highest BCUT2D eigenvalue weighted by atomic mass is 16.5. The van der Waals surface area contributed by atoms with Gasteiger partial charge in [0.05, 0.1) is 5.69 Å². The van der Waals surface area contributed by atoms with E-state index >= 15 is 0 Å². The van der Waals surface area contributed by atoms with Gasteiger partial charge in [-0.25, -0.2) is 4.79 Å². The van der Waals surface area contributed by atoms with E-state index in [0.717, 1.165) is 22.3 Å². The molecule has 0 saturated carbocycles. The summed E-state index contributed by atoms with van der Waals surface area (Å²) >= 11 is 0. The summed E-state index contributed by atoms with van der Waals surface area (Å²) in [7, 11) is 1.64. The van der Waals surface area contributed by atoms with E-state index in [2.05, 4.69) is 22.5 Å². The third-order valence-corrected chi connectivity index (χ3v) is 6.49. The largest absolute Gasteiger partial charge is 0.481 e. The fourth-order valence-corrected chi connectivity index (χ4v) is 4.71. The number of anilines is 1. The molecule has 0 atom stereocenters. The van der Waals surface area contributed by atoms with Crippen molar-refractivity contribution in [3.8, 4) is 11.1 Å². The summed E-state index contributed by atoms with van der Waals surface area (Å²) in [6, 6.07) is 16.1. The van der Waals surface area contributed by atoms with E-state index in [9.17, 15) is 19.5 Å². The van der Waals surface area contributed by atoms with Gasteiger partial charge in [-0.05, 0) is 29.2 Å². The van der Waals surface area contributed by atoms with E-state index in [-0.39, 0.29) is 37.0 Å². The topological polar surface area (TPSA) is 114 Å². The second-order valence-corrected chi connectivity index (χ2v) is 9.04. The van der Waals surface area contributed by atoms with E-state index in [4.69, 9.17) is 4.74 Å². The minimum atomic E-state index is -0.967. The molecule has 34 heavy (non-hydrogen) atoms. The molecule has 0 bridgehead atoms. The number of likely N-dealkylation sites (tertiary alicyclic amines) is 1. The Hall–Kier alpha value is -4.14. The van der Waals surface area contributed by atoms with Gasteiger partial charge in [-0.3, -0.25) is 19.6 Å². The van der Waals surface area contributed by atoms with Crippen LogP contribution in [0.1, 0.15) is 34.5 Å². The predicted molar refractivity (Wildman–Crippen MR) is 124 cm³/mol. The maximum atomic E-state index is 12.9. The molecular weight excluding hydrogens is 436 g/mol. The number of carbonyl (C=O) groups is 3. The van der Waals surface area contributed by atoms with Crippen LogP contribution in [0, 0.1) is 5.41 Å². The zero-order chi connectivity index (χ0) is 24.0. The van der Waals surface area contributed by atoms with Gasteiger partial charge < -0.3 is 14.7 Å². The molecule has 3 aromatic rings. The van der Waals surface area contributed by atoms with Crippen molar-refractivity contribution in [3.05, 3.63) is 71.5 Å². The van der Waals surface area contributed by atoms with Crippen LogP contribution in [0.15, 0.2) is 54.7 Å². The van der Waals surface area contributed by atoms with Gasteiger partial charge in [0.15, 0.2) is 5.69 Å². The van der Waals surface area contributed by atoms with Gasteiger partial charge in [0.1, 0.15) is 12.0 Å². The number of carboxylic acids is 1. The fourth-order valence-electron chi connectivity index (χ4n) is 4.71. The Morgan fingerprint density at radius 3 is 2.26 bits per heavy atom. The summed E-state index contributed by atoms with van der Waals surface area (Å²) in [5, 5.41) is 16.1. The summed E-state index contributed by atoms with van der Waals surface area (Å²) in [5.74, 6) is -1.47. The highest BCUT2D eigenvalue weighted by Crippen LogP contribution is 2.44. The molecule has 2 amide bonds. The van der Waals surface area contributed by atoms with Gasteiger partial charge >= 0.3 is 12.1 Å². The maximum absolute atomic E-state index is 12.9. The molecule has 0 spiro atoms. The molecule has 0 unspecified atom stereocenters. The lowest BCUT2D eigenvalue weighted by Crippen LogP contribution is -2.60. The monoisotopic (exact) mass is 460 g/mol. The van der Waals surface area contributed by atoms with Crippen LogP contribution in [0.3, 0.4) is 0 Å². The Kier molecular flexibility index (Phi) is 5.11. The summed E-state index contributed by atoms with van der Waals surface area (Å²) in [5.41, 5.74) is 3.77. The Bertz CT molecular complexity index is 1260. The number of amides is 2. The maximum Gasteiger partial charge on any atom is 0.411 e. The normalized spacial score (nSPS) is 15.8. The first-order valence-corrected chi connectivity index (χ1v) is 10.9. The standard InChI is InChI=1S/C25H24N4O5/c1-25(23(31)32)13-29(14-25)22(30)21-20(11-28(2)27-21)26-24(33)34-12-19-17-9-5-3-7-15(17)16-8-4-6-10-18(16)19/h3-11,19H,12-14H2,1-2H3,(H,26,33)(H,31,32). The SMILES string of the molecule is Cn1cc(NC(=O)OCC2c3ccccc3-c3ccccc32)c(C(=O)N2CC(C)(C(=O)O)C2)n1. The third-order valence-electron chi connectivity index (χ3n) is 6.49. The fraction of sp³-hybridized carbons (Fsp3) is 0.280. The Morgan fingerprint density at radius 1 is 1.09 bits per heavy atom. The highest BCUT2D eigenvalue weighted by Gasteiger charge is 2.48. The van der Waals surface area contributed by atoms with E-state index in [0.29, 0.717) is 0 Å². The van der Waals surface area contributed by atoms with Crippen LogP contribution < -0.4 is 5.32 Å². The second kappa shape index (κ2) is 8.02. The molecule has 1 saturated heterocycles. The number of aliphatic carboxylic acids is 1. The quantitative estimate of drug-likeness (QED) is 0.604. The van der Waals surface area contributed by atoms with Crippen LogP contribution >= 0.6 is 0 Å². The molecule has 9 nitrogen and oxygen atoms in total. The molecule has 5 rings (SSSR count). The number of nitrogens with zero attached hydrogens (tertiary/aromatic N) is 3. The van der Waals surface area contributed by atoms with Crippen molar-refractivity contribution in [1.29, 1.82) is 0 Å². The predicted octanol–water partition coefficient (Wildman–Crippen LogP) is 3.33. The first kappa shape index (κ1) is 21.7. The Labute approximate surface area is 195 Å². The number of carbonyl (C=O) groups excluding carboxylic acids is 2. The van der Waals surface area contributed by atoms with Gasteiger partial charge in [-0.1, -0.05) is 48.5 Å². The summed E-state index contributed by atoms with van der Waals surface area (Å²) in [6.07, 6.45) is 0.827. The second-order valence-electron chi connectivity index (χ2n) is 9.04. The Morgan fingerprint density at radius 2 is 1.68 bits per heavy atom. The number of benzene rings is 2. The van der Waals surface area contributed by atoms with Crippen molar-refractivity contribution in [2.45, 2.75) is 12.8 Å². The van der Waals surface area contributed by atoms with Crippen molar-refractivity contribution in [3.63, 3.8) is 0 Å².